The predicted molar refractivity (Wildman–Crippen MR) is 122 cm³/mol. The molecule has 180 valence electrons. The van der Waals surface area contributed by atoms with Gasteiger partial charge in [0.15, 0.2) is 17.8 Å². The summed E-state index contributed by atoms with van der Waals surface area (Å²) in [7, 11) is 0. The number of benzene rings is 2. The Kier molecular flexibility index (Phi) is 6.92. The van der Waals surface area contributed by atoms with Gasteiger partial charge in [-0.15, -0.1) is 0 Å². The third kappa shape index (κ3) is 4.94. The molecule has 1 aliphatic heterocycles. The summed E-state index contributed by atoms with van der Waals surface area (Å²) in [5, 5.41) is 2.97. The lowest BCUT2D eigenvalue weighted by atomic mass is 9.92. The van der Waals surface area contributed by atoms with Crippen molar-refractivity contribution >= 4 is 17.7 Å². The molecule has 1 unspecified atom stereocenters. The van der Waals surface area contributed by atoms with Crippen molar-refractivity contribution in [3.05, 3.63) is 70.8 Å². The van der Waals surface area contributed by atoms with Gasteiger partial charge in [0.05, 0.1) is 0 Å². The van der Waals surface area contributed by atoms with Crippen molar-refractivity contribution in [2.45, 2.75) is 50.9 Å². The molecule has 1 heterocycles. The molecule has 9 heteroatoms. The normalized spacial score (nSPS) is 22.5. The molecule has 1 saturated carbocycles. The Morgan fingerprint density at radius 1 is 0.853 bits per heavy atom. The van der Waals surface area contributed by atoms with E-state index in [4.69, 9.17) is 5.73 Å². The van der Waals surface area contributed by atoms with E-state index in [2.05, 4.69) is 5.32 Å². The standard InChI is InChI=1S/C25H28F2N4O3/c1-15-2-4-16(5-3-15)24(33)30-12-13-31(25(34)17-6-11-20(26)21(27)14-17)23(30)22(32)29-19-9-7-18(28)8-10-19/h2-6,11,14,18-19,23H,7-10,12-13,28H2,1H3,(H,29,32). The van der Waals surface area contributed by atoms with Crippen molar-refractivity contribution in [1.82, 2.24) is 15.1 Å². The van der Waals surface area contributed by atoms with Gasteiger partial charge in [0.25, 0.3) is 17.7 Å². The van der Waals surface area contributed by atoms with Crippen LogP contribution in [0.1, 0.15) is 52.0 Å². The summed E-state index contributed by atoms with van der Waals surface area (Å²) in [6.45, 7) is 2.12. The van der Waals surface area contributed by atoms with E-state index < -0.39 is 29.6 Å². The van der Waals surface area contributed by atoms with E-state index in [1.165, 1.54) is 15.9 Å². The number of nitrogens with one attached hydrogen (secondary N) is 1. The average molecular weight is 471 g/mol. The van der Waals surface area contributed by atoms with Gasteiger partial charge >= 0.3 is 0 Å². The Balaban J connectivity index is 1.61. The monoisotopic (exact) mass is 470 g/mol. The minimum atomic E-state index is -1.20. The van der Waals surface area contributed by atoms with E-state index in [0.717, 1.165) is 30.5 Å². The first kappa shape index (κ1) is 23.8. The van der Waals surface area contributed by atoms with Crippen LogP contribution < -0.4 is 11.1 Å². The Hall–Kier alpha value is -3.33. The van der Waals surface area contributed by atoms with Gasteiger partial charge in [-0.25, -0.2) is 8.78 Å². The molecule has 3 amide bonds. The van der Waals surface area contributed by atoms with Gasteiger partial charge in [-0.2, -0.15) is 0 Å². The fraction of sp³-hybridized carbons (Fsp3) is 0.400. The third-order valence-corrected chi connectivity index (χ3v) is 6.51. The van der Waals surface area contributed by atoms with E-state index >= 15 is 0 Å². The van der Waals surface area contributed by atoms with Crippen LogP contribution in [0.3, 0.4) is 0 Å². The fourth-order valence-corrected chi connectivity index (χ4v) is 4.53. The molecular weight excluding hydrogens is 442 g/mol. The summed E-state index contributed by atoms with van der Waals surface area (Å²) in [6, 6.07) is 9.79. The highest BCUT2D eigenvalue weighted by Crippen LogP contribution is 2.24. The second-order valence-electron chi connectivity index (χ2n) is 8.99. The van der Waals surface area contributed by atoms with Gasteiger partial charge in [-0.05, 0) is 62.9 Å². The highest BCUT2D eigenvalue weighted by atomic mass is 19.2. The van der Waals surface area contributed by atoms with Crippen LogP contribution in [0.25, 0.3) is 0 Å². The largest absolute Gasteiger partial charge is 0.350 e. The zero-order valence-corrected chi connectivity index (χ0v) is 19.0. The summed E-state index contributed by atoms with van der Waals surface area (Å²) >= 11 is 0. The van der Waals surface area contributed by atoms with Gasteiger partial charge in [-0.1, -0.05) is 17.7 Å². The molecule has 1 saturated heterocycles. The fourth-order valence-electron chi connectivity index (χ4n) is 4.53. The maximum Gasteiger partial charge on any atom is 0.264 e. The molecule has 34 heavy (non-hydrogen) atoms. The van der Waals surface area contributed by atoms with Crippen molar-refractivity contribution in [2.75, 3.05) is 13.1 Å². The number of carbonyl (C=O) groups is 3. The Bertz CT molecular complexity index is 1080. The highest BCUT2D eigenvalue weighted by Gasteiger charge is 2.43. The molecular formula is C25H28F2N4O3. The predicted octanol–water partition coefficient (Wildman–Crippen LogP) is 2.58. The molecule has 2 aliphatic rings. The molecule has 1 atom stereocenters. The van der Waals surface area contributed by atoms with Crippen LogP contribution in [0.5, 0.6) is 0 Å². The number of rotatable bonds is 4. The summed E-state index contributed by atoms with van der Waals surface area (Å²) in [6.07, 6.45) is 1.77. The average Bonchev–Trinajstić information content (AvgIpc) is 3.27. The van der Waals surface area contributed by atoms with Gasteiger partial charge < -0.3 is 20.9 Å². The van der Waals surface area contributed by atoms with Crippen LogP contribution in [-0.4, -0.2) is 58.9 Å². The second kappa shape index (κ2) is 9.89. The van der Waals surface area contributed by atoms with Crippen LogP contribution >= 0.6 is 0 Å². The lowest BCUT2D eigenvalue weighted by molar-refractivity contribution is -0.129. The zero-order valence-electron chi connectivity index (χ0n) is 19.0. The van der Waals surface area contributed by atoms with E-state index in [0.29, 0.717) is 18.4 Å². The molecule has 0 radical (unpaired) electrons. The van der Waals surface area contributed by atoms with Crippen molar-refractivity contribution in [3.63, 3.8) is 0 Å². The van der Waals surface area contributed by atoms with Crippen molar-refractivity contribution in [1.29, 1.82) is 0 Å². The quantitative estimate of drug-likeness (QED) is 0.718. The number of nitrogens with zero attached hydrogens (tertiary/aromatic N) is 2. The number of aryl methyl sites for hydroxylation is 1. The minimum absolute atomic E-state index is 0.0864. The maximum atomic E-state index is 13.8. The van der Waals surface area contributed by atoms with Crippen LogP contribution in [-0.2, 0) is 4.79 Å². The first-order chi connectivity index (χ1) is 16.2. The van der Waals surface area contributed by atoms with Gasteiger partial charge in [0.1, 0.15) is 0 Å². The highest BCUT2D eigenvalue weighted by molar-refractivity contribution is 6.02. The number of carbonyl (C=O) groups excluding carboxylic acids is 3. The molecule has 0 aromatic heterocycles. The van der Waals surface area contributed by atoms with Gasteiger partial charge in [0.2, 0.25) is 0 Å². The van der Waals surface area contributed by atoms with Gasteiger partial charge in [-0.3, -0.25) is 14.4 Å². The first-order valence-electron chi connectivity index (χ1n) is 11.4. The minimum Gasteiger partial charge on any atom is -0.350 e. The Labute approximate surface area is 196 Å². The topological polar surface area (TPSA) is 95.7 Å². The van der Waals surface area contributed by atoms with E-state index in [9.17, 15) is 23.2 Å². The third-order valence-electron chi connectivity index (χ3n) is 6.51. The lowest BCUT2D eigenvalue weighted by Gasteiger charge is -2.32. The molecule has 2 aromatic carbocycles. The lowest BCUT2D eigenvalue weighted by Crippen LogP contribution is -2.56. The summed E-state index contributed by atoms with van der Waals surface area (Å²) in [5.74, 6) is -3.74. The Morgan fingerprint density at radius 2 is 1.41 bits per heavy atom. The number of halogens is 2. The van der Waals surface area contributed by atoms with Crippen molar-refractivity contribution in [3.8, 4) is 0 Å². The molecule has 2 fully saturated rings. The number of nitrogens with two attached hydrogens (primary N) is 1. The zero-order chi connectivity index (χ0) is 24.4. The molecule has 4 rings (SSSR count). The molecule has 3 N–H and O–H groups in total. The molecule has 2 aromatic rings. The SMILES string of the molecule is Cc1ccc(C(=O)N2CCN(C(=O)c3ccc(F)c(F)c3)C2C(=O)NC2CCC(N)CC2)cc1. The summed E-state index contributed by atoms with van der Waals surface area (Å²) in [4.78, 5) is 42.5. The summed E-state index contributed by atoms with van der Waals surface area (Å²) < 4.78 is 27.2. The molecule has 0 spiro atoms. The van der Waals surface area contributed by atoms with Gasteiger partial charge in [0, 0.05) is 36.3 Å². The summed E-state index contributed by atoms with van der Waals surface area (Å²) in [5.41, 5.74) is 7.25. The number of hydrogen-bond acceptors (Lipinski definition) is 4. The molecule has 0 bridgehead atoms. The van der Waals surface area contributed by atoms with Crippen molar-refractivity contribution in [2.24, 2.45) is 5.73 Å². The van der Waals surface area contributed by atoms with Crippen LogP contribution in [0.15, 0.2) is 42.5 Å². The number of hydrogen-bond donors (Lipinski definition) is 2. The van der Waals surface area contributed by atoms with E-state index in [1.54, 1.807) is 24.3 Å². The van der Waals surface area contributed by atoms with E-state index in [1.807, 2.05) is 6.92 Å². The van der Waals surface area contributed by atoms with Crippen LogP contribution in [0.2, 0.25) is 0 Å². The first-order valence-corrected chi connectivity index (χ1v) is 11.4. The van der Waals surface area contributed by atoms with Crippen LogP contribution in [0, 0.1) is 18.6 Å². The Morgan fingerprint density at radius 3 is 2.00 bits per heavy atom. The second-order valence-corrected chi connectivity index (χ2v) is 8.99. The van der Waals surface area contributed by atoms with Crippen molar-refractivity contribution < 1.29 is 23.2 Å². The van der Waals surface area contributed by atoms with E-state index in [-0.39, 0.29) is 36.6 Å². The smallest absolute Gasteiger partial charge is 0.264 e. The van der Waals surface area contributed by atoms with Crippen LogP contribution in [0.4, 0.5) is 8.78 Å². The maximum absolute atomic E-state index is 13.8. The molecule has 7 nitrogen and oxygen atoms in total. The number of amides is 3. The molecule has 1 aliphatic carbocycles.